The fourth-order valence-electron chi connectivity index (χ4n) is 8.77. The zero-order valence-corrected chi connectivity index (χ0v) is 31.7. The van der Waals surface area contributed by atoms with Crippen LogP contribution in [-0.4, -0.2) is 0 Å². The molecular weight excluding hydrogens is 703 g/mol. The summed E-state index contributed by atoms with van der Waals surface area (Å²) in [5.41, 5.74) is 14.4. The van der Waals surface area contributed by atoms with Crippen molar-refractivity contribution in [1.29, 1.82) is 0 Å². The smallest absolute Gasteiger partial charge is 0.136 e. The molecule has 11 rings (SSSR count). The summed E-state index contributed by atoms with van der Waals surface area (Å²) in [5, 5.41) is 7.12. The lowest BCUT2D eigenvalue weighted by Gasteiger charge is -2.31. The Morgan fingerprint density at radius 1 is 0.293 bits per heavy atom. The highest BCUT2D eigenvalue weighted by molar-refractivity contribution is 6.15. The molecule has 0 atom stereocenters. The van der Waals surface area contributed by atoms with Gasteiger partial charge in [-0.2, -0.15) is 0 Å². The van der Waals surface area contributed by atoms with Gasteiger partial charge in [0, 0.05) is 27.4 Å². The molecule has 2 heteroatoms. The molecule has 0 aliphatic heterocycles. The molecule has 0 saturated carbocycles. The topological polar surface area (TPSA) is 16.4 Å². The molecule has 0 radical (unpaired) electrons. The van der Waals surface area contributed by atoms with Crippen molar-refractivity contribution in [2.24, 2.45) is 0 Å². The van der Waals surface area contributed by atoms with Gasteiger partial charge in [0.2, 0.25) is 0 Å². The zero-order valence-electron chi connectivity index (χ0n) is 31.7. The second-order valence-electron chi connectivity index (χ2n) is 14.8. The number of para-hydroxylation sites is 1. The lowest BCUT2D eigenvalue weighted by Crippen LogP contribution is -2.12. The molecule has 272 valence electrons. The Labute approximate surface area is 337 Å². The van der Waals surface area contributed by atoms with Gasteiger partial charge in [0.1, 0.15) is 11.2 Å². The van der Waals surface area contributed by atoms with Gasteiger partial charge in [0.15, 0.2) is 0 Å². The number of fused-ring (bicyclic) bond motifs is 6. The fourth-order valence-corrected chi connectivity index (χ4v) is 8.77. The van der Waals surface area contributed by atoms with Crippen LogP contribution in [0.2, 0.25) is 0 Å². The van der Waals surface area contributed by atoms with Crippen LogP contribution in [0.1, 0.15) is 0 Å². The van der Waals surface area contributed by atoms with Crippen LogP contribution in [0.5, 0.6) is 0 Å². The predicted octanol–water partition coefficient (Wildman–Crippen LogP) is 16.0. The van der Waals surface area contributed by atoms with Crippen molar-refractivity contribution in [1.82, 2.24) is 0 Å². The first-order chi connectivity index (χ1) is 28.8. The minimum absolute atomic E-state index is 0.895. The third-order valence-electron chi connectivity index (χ3n) is 11.5. The minimum Gasteiger partial charge on any atom is -0.456 e. The number of anilines is 3. The number of hydrogen-bond acceptors (Lipinski definition) is 2. The van der Waals surface area contributed by atoms with E-state index in [0.717, 1.165) is 50.1 Å². The van der Waals surface area contributed by atoms with E-state index in [2.05, 4.69) is 217 Å². The normalized spacial score (nSPS) is 11.4. The summed E-state index contributed by atoms with van der Waals surface area (Å²) < 4.78 is 6.30. The van der Waals surface area contributed by atoms with Crippen LogP contribution < -0.4 is 4.90 Å². The summed E-state index contributed by atoms with van der Waals surface area (Å²) in [5.74, 6) is 0. The SMILES string of the molecule is c1ccc(-c2ccccc2-c2c(-c3ccccc3)cccc2N(c2ccc(-c3ccc4c(c3)oc3ccccc34)cc2)c2cc3ccccc3c3ccccc23)cc1. The van der Waals surface area contributed by atoms with Gasteiger partial charge < -0.3 is 9.32 Å². The van der Waals surface area contributed by atoms with Crippen molar-refractivity contribution in [3.8, 4) is 44.5 Å². The Morgan fingerprint density at radius 3 is 1.64 bits per heavy atom. The Bertz CT molecular complexity index is 3270. The van der Waals surface area contributed by atoms with Crippen LogP contribution >= 0.6 is 0 Å². The molecule has 0 aliphatic rings. The van der Waals surface area contributed by atoms with Gasteiger partial charge in [-0.3, -0.25) is 0 Å². The Balaban J connectivity index is 1.18. The number of hydrogen-bond donors (Lipinski definition) is 0. The highest BCUT2D eigenvalue weighted by atomic mass is 16.3. The van der Waals surface area contributed by atoms with Crippen LogP contribution in [0.4, 0.5) is 17.1 Å². The molecule has 10 aromatic carbocycles. The van der Waals surface area contributed by atoms with E-state index >= 15 is 0 Å². The zero-order chi connectivity index (χ0) is 38.4. The Kier molecular flexibility index (Phi) is 8.19. The van der Waals surface area contributed by atoms with E-state index in [1.807, 2.05) is 12.1 Å². The molecule has 0 amide bonds. The van der Waals surface area contributed by atoms with Crippen LogP contribution in [-0.2, 0) is 0 Å². The Morgan fingerprint density at radius 2 is 0.862 bits per heavy atom. The molecule has 1 heterocycles. The first-order valence-corrected chi connectivity index (χ1v) is 19.8. The molecular formula is C56H37NO. The average Bonchev–Trinajstić information content (AvgIpc) is 3.68. The summed E-state index contributed by atoms with van der Waals surface area (Å²) in [4.78, 5) is 2.48. The second-order valence-corrected chi connectivity index (χ2v) is 14.8. The van der Waals surface area contributed by atoms with Crippen LogP contribution in [0.25, 0.3) is 88.0 Å². The molecule has 58 heavy (non-hydrogen) atoms. The molecule has 0 aliphatic carbocycles. The van der Waals surface area contributed by atoms with Gasteiger partial charge in [-0.15, -0.1) is 0 Å². The molecule has 0 bridgehead atoms. The first kappa shape index (κ1) is 33.6. The predicted molar refractivity (Wildman–Crippen MR) is 245 cm³/mol. The monoisotopic (exact) mass is 739 g/mol. The van der Waals surface area contributed by atoms with Crippen molar-refractivity contribution >= 4 is 60.5 Å². The van der Waals surface area contributed by atoms with Crippen LogP contribution in [0.15, 0.2) is 229 Å². The van der Waals surface area contributed by atoms with Crippen molar-refractivity contribution in [3.63, 3.8) is 0 Å². The maximum Gasteiger partial charge on any atom is 0.136 e. The highest BCUT2D eigenvalue weighted by Crippen LogP contribution is 2.50. The number of furan rings is 1. The summed E-state index contributed by atoms with van der Waals surface area (Å²) in [6.07, 6.45) is 0. The van der Waals surface area contributed by atoms with Gasteiger partial charge in [-0.05, 0) is 97.6 Å². The average molecular weight is 740 g/mol. The maximum atomic E-state index is 6.30. The van der Waals surface area contributed by atoms with E-state index in [1.165, 1.54) is 54.9 Å². The molecule has 0 unspecified atom stereocenters. The third-order valence-corrected chi connectivity index (χ3v) is 11.5. The summed E-state index contributed by atoms with van der Waals surface area (Å²) in [6.45, 7) is 0. The number of benzene rings is 10. The van der Waals surface area contributed by atoms with Gasteiger partial charge in [-0.1, -0.05) is 182 Å². The Hall–Kier alpha value is -7.68. The molecule has 1 aromatic heterocycles. The van der Waals surface area contributed by atoms with E-state index in [9.17, 15) is 0 Å². The molecule has 0 spiro atoms. The van der Waals surface area contributed by atoms with E-state index in [-0.39, 0.29) is 0 Å². The van der Waals surface area contributed by atoms with E-state index in [4.69, 9.17) is 4.42 Å². The highest BCUT2D eigenvalue weighted by Gasteiger charge is 2.24. The summed E-state index contributed by atoms with van der Waals surface area (Å²) in [6, 6.07) is 80.9. The van der Waals surface area contributed by atoms with Crippen LogP contribution in [0, 0.1) is 0 Å². The minimum atomic E-state index is 0.895. The lowest BCUT2D eigenvalue weighted by atomic mass is 9.87. The van der Waals surface area contributed by atoms with Gasteiger partial charge in [0.25, 0.3) is 0 Å². The molecule has 0 N–H and O–H groups in total. The quantitative estimate of drug-likeness (QED) is 0.151. The number of rotatable bonds is 7. The van der Waals surface area contributed by atoms with Crippen molar-refractivity contribution in [2.75, 3.05) is 4.90 Å². The summed E-state index contributed by atoms with van der Waals surface area (Å²) >= 11 is 0. The van der Waals surface area contributed by atoms with E-state index in [0.29, 0.717) is 0 Å². The lowest BCUT2D eigenvalue weighted by molar-refractivity contribution is 0.669. The van der Waals surface area contributed by atoms with Gasteiger partial charge in [0.05, 0.1) is 11.4 Å². The maximum absolute atomic E-state index is 6.30. The molecule has 2 nitrogen and oxygen atoms in total. The fraction of sp³-hybridized carbons (Fsp3) is 0. The number of nitrogens with zero attached hydrogens (tertiary/aromatic N) is 1. The van der Waals surface area contributed by atoms with Crippen molar-refractivity contribution < 1.29 is 4.42 Å². The van der Waals surface area contributed by atoms with E-state index in [1.54, 1.807) is 0 Å². The summed E-state index contributed by atoms with van der Waals surface area (Å²) in [7, 11) is 0. The van der Waals surface area contributed by atoms with Crippen molar-refractivity contribution in [2.45, 2.75) is 0 Å². The molecule has 0 fully saturated rings. The first-order valence-electron chi connectivity index (χ1n) is 19.8. The van der Waals surface area contributed by atoms with E-state index < -0.39 is 0 Å². The third kappa shape index (κ3) is 5.74. The second kappa shape index (κ2) is 14.1. The van der Waals surface area contributed by atoms with Crippen LogP contribution in [0.3, 0.4) is 0 Å². The standard InChI is InChI=1S/C56H37NO/c1-3-16-39(17-4-1)44-21-9-12-26-51(44)56-46(40-18-5-2-6-19-40)27-15-28-52(56)57(53-36-42-20-7-8-22-45(42)47-23-10-11-24-48(47)53)43-33-30-38(31-34-43)41-32-35-50-49-25-13-14-29-54(49)58-55(50)37-41/h1-37H. The molecule has 11 aromatic rings. The molecule has 0 saturated heterocycles. The van der Waals surface area contributed by atoms with Crippen molar-refractivity contribution in [3.05, 3.63) is 224 Å². The van der Waals surface area contributed by atoms with Gasteiger partial charge >= 0.3 is 0 Å². The van der Waals surface area contributed by atoms with Gasteiger partial charge in [-0.25, -0.2) is 0 Å². The largest absolute Gasteiger partial charge is 0.456 e.